The van der Waals surface area contributed by atoms with Gasteiger partial charge < -0.3 is 8.83 Å². The molecule has 0 saturated carbocycles. The summed E-state index contributed by atoms with van der Waals surface area (Å²) in [4.78, 5) is 0. The van der Waals surface area contributed by atoms with E-state index in [1.165, 1.54) is 38.9 Å². The van der Waals surface area contributed by atoms with E-state index in [0.717, 1.165) is 66.1 Å². The predicted octanol–water partition coefficient (Wildman–Crippen LogP) is 15.3. The highest BCUT2D eigenvalue weighted by Gasteiger charge is 2.20. The topological polar surface area (TPSA) is 26.3 Å². The molecule has 11 rings (SSSR count). The fraction of sp³-hybridized carbons (Fsp3) is 0.0182. The summed E-state index contributed by atoms with van der Waals surface area (Å²) < 4.78 is 12.8. The minimum absolute atomic E-state index is 0.0155. The number of para-hydroxylation sites is 4. The molecule has 0 spiro atoms. The van der Waals surface area contributed by atoms with E-state index < -0.39 is 0 Å². The highest BCUT2D eigenvalue weighted by Crippen LogP contribution is 2.40. The lowest BCUT2D eigenvalue weighted by Crippen LogP contribution is -2.03. The van der Waals surface area contributed by atoms with Gasteiger partial charge in [-0.1, -0.05) is 194 Å². The smallest absolute Gasteiger partial charge is 0.143 e. The second-order valence-electron chi connectivity index (χ2n) is 14.8. The van der Waals surface area contributed by atoms with Gasteiger partial charge in [0.1, 0.15) is 22.3 Å². The van der Waals surface area contributed by atoms with Crippen LogP contribution in [0.2, 0.25) is 0 Å². The monoisotopic (exact) mass is 728 g/mol. The maximum atomic E-state index is 6.42. The Balaban J connectivity index is 0.986. The average molecular weight is 729 g/mol. The Morgan fingerprint density at radius 3 is 1.12 bits per heavy atom. The molecule has 11 aromatic rings. The second kappa shape index (κ2) is 13.7. The Bertz CT molecular complexity index is 3050. The zero-order valence-corrected chi connectivity index (χ0v) is 31.1. The molecule has 0 N–H and O–H groups in total. The standard InChI is InChI=1S/C55H36O2/c1-2-11-36(12-3-1)43-13-8-14-44(35-43)37-23-29-40(30-24-37)53(41-31-25-38(26-32-41)45-17-9-19-49-47-15-4-6-21-51(47)56-54(45)49)42-33-27-39(28-34-42)46-18-10-20-50-48-16-5-7-22-52(48)57-55(46)50/h1-35,53H. The van der Waals surface area contributed by atoms with E-state index in [2.05, 4.69) is 188 Å². The molecule has 2 heteroatoms. The average Bonchev–Trinajstić information content (AvgIpc) is 3.87. The number of hydrogen-bond donors (Lipinski definition) is 0. The molecule has 268 valence electrons. The fourth-order valence-electron chi connectivity index (χ4n) is 8.61. The molecule has 0 atom stereocenters. The van der Waals surface area contributed by atoms with Crippen molar-refractivity contribution in [2.24, 2.45) is 0 Å². The first-order valence-corrected chi connectivity index (χ1v) is 19.5. The van der Waals surface area contributed by atoms with E-state index in [9.17, 15) is 0 Å². The van der Waals surface area contributed by atoms with Crippen LogP contribution in [0.5, 0.6) is 0 Å². The number of benzene rings is 9. The van der Waals surface area contributed by atoms with Gasteiger partial charge in [0.15, 0.2) is 0 Å². The Kier molecular flexibility index (Phi) is 7.93. The molecule has 0 fully saturated rings. The van der Waals surface area contributed by atoms with Gasteiger partial charge in [-0.3, -0.25) is 0 Å². The van der Waals surface area contributed by atoms with Crippen LogP contribution in [-0.2, 0) is 0 Å². The van der Waals surface area contributed by atoms with Gasteiger partial charge in [0.25, 0.3) is 0 Å². The minimum Gasteiger partial charge on any atom is -0.455 e. The van der Waals surface area contributed by atoms with E-state index in [0.29, 0.717) is 0 Å². The lowest BCUT2D eigenvalue weighted by Gasteiger charge is -2.20. The van der Waals surface area contributed by atoms with Crippen molar-refractivity contribution in [2.45, 2.75) is 5.92 Å². The first-order chi connectivity index (χ1) is 28.2. The van der Waals surface area contributed by atoms with Gasteiger partial charge in [0.2, 0.25) is 0 Å². The van der Waals surface area contributed by atoms with Gasteiger partial charge in [-0.2, -0.15) is 0 Å². The number of fused-ring (bicyclic) bond motifs is 6. The van der Waals surface area contributed by atoms with Crippen molar-refractivity contribution in [1.82, 2.24) is 0 Å². The van der Waals surface area contributed by atoms with Crippen LogP contribution in [0.4, 0.5) is 0 Å². The van der Waals surface area contributed by atoms with Gasteiger partial charge in [0, 0.05) is 38.6 Å². The molecule has 0 unspecified atom stereocenters. The van der Waals surface area contributed by atoms with Crippen LogP contribution >= 0.6 is 0 Å². The van der Waals surface area contributed by atoms with Gasteiger partial charge in [-0.25, -0.2) is 0 Å². The lowest BCUT2D eigenvalue weighted by atomic mass is 9.83. The Morgan fingerprint density at radius 2 is 0.632 bits per heavy atom. The molecule has 0 radical (unpaired) electrons. The summed E-state index contributed by atoms with van der Waals surface area (Å²) >= 11 is 0. The quantitative estimate of drug-likeness (QED) is 0.153. The molecule has 0 saturated heterocycles. The second-order valence-corrected chi connectivity index (χ2v) is 14.8. The normalized spacial score (nSPS) is 11.7. The summed E-state index contributed by atoms with van der Waals surface area (Å²) in [5.41, 5.74) is 16.6. The van der Waals surface area contributed by atoms with Crippen LogP contribution in [0.1, 0.15) is 22.6 Å². The van der Waals surface area contributed by atoms with Crippen molar-refractivity contribution in [1.29, 1.82) is 0 Å². The van der Waals surface area contributed by atoms with Crippen LogP contribution in [0.15, 0.2) is 221 Å². The first kappa shape index (κ1) is 33.0. The van der Waals surface area contributed by atoms with Gasteiger partial charge in [0.05, 0.1) is 0 Å². The molecule has 0 aliphatic carbocycles. The van der Waals surface area contributed by atoms with Crippen LogP contribution in [0, 0.1) is 0 Å². The molecular weight excluding hydrogens is 693 g/mol. The highest BCUT2D eigenvalue weighted by molar-refractivity contribution is 6.10. The molecule has 0 bridgehead atoms. The first-order valence-electron chi connectivity index (χ1n) is 19.5. The highest BCUT2D eigenvalue weighted by atomic mass is 16.3. The van der Waals surface area contributed by atoms with Crippen molar-refractivity contribution in [2.75, 3.05) is 0 Å². The lowest BCUT2D eigenvalue weighted by molar-refractivity contribution is 0.669. The third-order valence-corrected chi connectivity index (χ3v) is 11.5. The Labute approximate surface area is 330 Å². The summed E-state index contributed by atoms with van der Waals surface area (Å²) in [6.07, 6.45) is 0. The Morgan fingerprint density at radius 1 is 0.263 bits per heavy atom. The minimum atomic E-state index is 0.0155. The third-order valence-electron chi connectivity index (χ3n) is 11.5. The van der Waals surface area contributed by atoms with Crippen molar-refractivity contribution in [3.63, 3.8) is 0 Å². The number of rotatable bonds is 7. The molecule has 2 heterocycles. The zero-order valence-electron chi connectivity index (χ0n) is 31.1. The molecule has 2 aromatic heterocycles. The van der Waals surface area contributed by atoms with E-state index in [1.54, 1.807) is 0 Å². The van der Waals surface area contributed by atoms with Gasteiger partial charge >= 0.3 is 0 Å². The van der Waals surface area contributed by atoms with Crippen molar-refractivity contribution in [3.8, 4) is 44.5 Å². The summed E-state index contributed by atoms with van der Waals surface area (Å²) in [7, 11) is 0. The van der Waals surface area contributed by atoms with E-state index >= 15 is 0 Å². The van der Waals surface area contributed by atoms with Crippen LogP contribution in [-0.4, -0.2) is 0 Å². The summed E-state index contributed by atoms with van der Waals surface area (Å²) in [6, 6.07) is 76.0. The predicted molar refractivity (Wildman–Crippen MR) is 237 cm³/mol. The van der Waals surface area contributed by atoms with Crippen LogP contribution in [0.25, 0.3) is 88.4 Å². The third kappa shape index (κ3) is 5.82. The van der Waals surface area contributed by atoms with Crippen molar-refractivity contribution >= 4 is 43.9 Å². The SMILES string of the molecule is c1ccc(-c2cccc(-c3ccc(C(c4ccc(-c5cccc6c5oc5ccccc56)cc4)c4ccc(-c5cccc6c5oc5ccccc56)cc4)cc3)c2)cc1. The largest absolute Gasteiger partial charge is 0.455 e. The van der Waals surface area contributed by atoms with Crippen molar-refractivity contribution in [3.05, 3.63) is 229 Å². The van der Waals surface area contributed by atoms with Gasteiger partial charge in [-0.15, -0.1) is 0 Å². The van der Waals surface area contributed by atoms with Crippen LogP contribution < -0.4 is 0 Å². The molecule has 0 aliphatic heterocycles. The molecular formula is C55H36O2. The molecule has 0 amide bonds. The Hall–Kier alpha value is -7.42. The molecule has 0 aliphatic rings. The van der Waals surface area contributed by atoms with Crippen LogP contribution in [0.3, 0.4) is 0 Å². The number of hydrogen-bond acceptors (Lipinski definition) is 2. The molecule has 9 aromatic carbocycles. The van der Waals surface area contributed by atoms with E-state index in [1.807, 2.05) is 24.3 Å². The zero-order chi connectivity index (χ0) is 37.7. The van der Waals surface area contributed by atoms with Gasteiger partial charge in [-0.05, 0) is 68.3 Å². The summed E-state index contributed by atoms with van der Waals surface area (Å²) in [5.74, 6) is 0.0155. The maximum Gasteiger partial charge on any atom is 0.143 e. The molecule has 2 nitrogen and oxygen atoms in total. The van der Waals surface area contributed by atoms with E-state index in [-0.39, 0.29) is 5.92 Å². The summed E-state index contributed by atoms with van der Waals surface area (Å²) in [6.45, 7) is 0. The van der Waals surface area contributed by atoms with E-state index in [4.69, 9.17) is 8.83 Å². The number of furan rings is 2. The van der Waals surface area contributed by atoms with Crippen molar-refractivity contribution < 1.29 is 8.83 Å². The molecule has 57 heavy (non-hydrogen) atoms. The fourth-order valence-corrected chi connectivity index (χ4v) is 8.61. The maximum absolute atomic E-state index is 6.42. The summed E-state index contributed by atoms with van der Waals surface area (Å²) in [5, 5.41) is 4.55.